The second-order valence-corrected chi connectivity index (χ2v) is 7.35. The van der Waals surface area contributed by atoms with Crippen LogP contribution in [0.1, 0.15) is 38.3 Å². The van der Waals surface area contributed by atoms with E-state index < -0.39 is 17.6 Å². The number of amides is 2. The van der Waals surface area contributed by atoms with E-state index in [1.54, 1.807) is 17.0 Å². The zero-order chi connectivity index (χ0) is 23.1. The normalized spacial score (nSPS) is 11.1. The van der Waals surface area contributed by atoms with E-state index in [-0.39, 0.29) is 18.0 Å². The fourth-order valence-corrected chi connectivity index (χ4v) is 3.19. The van der Waals surface area contributed by atoms with Crippen LogP contribution in [0.2, 0.25) is 0 Å². The molecule has 1 N–H and O–H groups in total. The van der Waals surface area contributed by atoms with Gasteiger partial charge in [0, 0.05) is 29.9 Å². The Kier molecular flexibility index (Phi) is 7.30. The Labute approximate surface area is 184 Å². The lowest BCUT2D eigenvalue weighted by molar-refractivity contribution is -0.137. The molecule has 0 saturated heterocycles. The predicted molar refractivity (Wildman–Crippen MR) is 118 cm³/mol. The van der Waals surface area contributed by atoms with Gasteiger partial charge in [-0.25, -0.2) is 0 Å². The molecule has 0 aliphatic carbocycles. The summed E-state index contributed by atoms with van der Waals surface area (Å²) in [5.74, 6) is -0.757. The smallest absolute Gasteiger partial charge is 0.352 e. The molecule has 7 heteroatoms. The van der Waals surface area contributed by atoms with Crippen LogP contribution in [0.4, 0.5) is 18.9 Å². The van der Waals surface area contributed by atoms with Gasteiger partial charge in [-0.2, -0.15) is 13.2 Å². The van der Waals surface area contributed by atoms with Crippen molar-refractivity contribution in [2.45, 2.75) is 19.5 Å². The van der Waals surface area contributed by atoms with Crippen molar-refractivity contribution in [3.63, 3.8) is 0 Å². The van der Waals surface area contributed by atoms with Crippen molar-refractivity contribution in [2.24, 2.45) is 0 Å². The zero-order valence-corrected chi connectivity index (χ0v) is 17.5. The van der Waals surface area contributed by atoms with E-state index in [2.05, 4.69) is 5.32 Å². The van der Waals surface area contributed by atoms with E-state index >= 15 is 0 Å². The predicted octanol–water partition coefficient (Wildman–Crippen LogP) is 5.48. The lowest BCUT2D eigenvalue weighted by Gasteiger charge is -2.23. The summed E-state index contributed by atoms with van der Waals surface area (Å²) in [6.45, 7) is 2.48. The number of rotatable bonds is 7. The number of benzene rings is 3. The Hall–Kier alpha value is -3.61. The number of halogens is 3. The average molecular weight is 440 g/mol. The molecule has 0 saturated carbocycles. The Morgan fingerprint density at radius 1 is 0.875 bits per heavy atom. The standard InChI is InChI=1S/C25H23F3N2O2/c1-18-11-13-19(14-12-18)24(32)30(22-9-3-2-4-10-22)16-6-15-29-23(31)20-7-5-8-21(17-20)25(26,27)28/h2-5,7-14,17H,6,15-16H2,1H3,(H,29,31). The highest BCUT2D eigenvalue weighted by Crippen LogP contribution is 2.29. The lowest BCUT2D eigenvalue weighted by Crippen LogP contribution is -2.34. The molecule has 0 bridgehead atoms. The minimum absolute atomic E-state index is 0.0597. The van der Waals surface area contributed by atoms with Crippen LogP contribution in [0.3, 0.4) is 0 Å². The molecule has 0 aliphatic heterocycles. The maximum Gasteiger partial charge on any atom is 0.416 e. The number of aryl methyl sites for hydroxylation is 1. The molecule has 0 spiro atoms. The quantitative estimate of drug-likeness (QED) is 0.495. The first-order chi connectivity index (χ1) is 15.3. The number of alkyl halides is 3. The Morgan fingerprint density at radius 3 is 2.22 bits per heavy atom. The number of nitrogens with zero attached hydrogens (tertiary/aromatic N) is 1. The minimum atomic E-state index is -4.51. The van der Waals surface area contributed by atoms with Crippen molar-refractivity contribution in [3.05, 3.63) is 101 Å². The molecule has 0 aliphatic rings. The van der Waals surface area contributed by atoms with E-state index in [4.69, 9.17) is 0 Å². The summed E-state index contributed by atoms with van der Waals surface area (Å²) >= 11 is 0. The van der Waals surface area contributed by atoms with Crippen molar-refractivity contribution >= 4 is 17.5 Å². The summed E-state index contributed by atoms with van der Waals surface area (Å²) in [6, 6.07) is 20.7. The molecule has 0 heterocycles. The third-order valence-corrected chi connectivity index (χ3v) is 4.91. The highest BCUT2D eigenvalue weighted by molar-refractivity contribution is 6.06. The van der Waals surface area contributed by atoms with Crippen LogP contribution in [0.15, 0.2) is 78.9 Å². The van der Waals surface area contributed by atoms with E-state index in [1.807, 2.05) is 49.4 Å². The van der Waals surface area contributed by atoms with Crippen molar-refractivity contribution in [1.82, 2.24) is 5.32 Å². The summed E-state index contributed by atoms with van der Waals surface area (Å²) in [7, 11) is 0. The van der Waals surface area contributed by atoms with Gasteiger partial charge in [-0.05, 0) is 55.8 Å². The first-order valence-electron chi connectivity index (χ1n) is 10.1. The van der Waals surface area contributed by atoms with Crippen LogP contribution in [-0.2, 0) is 6.18 Å². The third-order valence-electron chi connectivity index (χ3n) is 4.91. The van der Waals surface area contributed by atoms with Crippen molar-refractivity contribution in [2.75, 3.05) is 18.0 Å². The van der Waals surface area contributed by atoms with Crippen molar-refractivity contribution in [1.29, 1.82) is 0 Å². The highest BCUT2D eigenvalue weighted by Gasteiger charge is 2.30. The molecule has 2 amide bonds. The molecule has 0 fully saturated rings. The zero-order valence-electron chi connectivity index (χ0n) is 17.5. The Morgan fingerprint density at radius 2 is 1.56 bits per heavy atom. The average Bonchev–Trinajstić information content (AvgIpc) is 2.79. The fourth-order valence-electron chi connectivity index (χ4n) is 3.19. The molecule has 0 atom stereocenters. The van der Waals surface area contributed by atoms with E-state index in [0.717, 1.165) is 23.4 Å². The Bertz CT molecular complexity index is 1060. The maximum absolute atomic E-state index is 13.1. The second-order valence-electron chi connectivity index (χ2n) is 7.35. The molecular formula is C25H23F3N2O2. The number of nitrogens with one attached hydrogen (secondary N) is 1. The van der Waals surface area contributed by atoms with Crippen LogP contribution in [0.5, 0.6) is 0 Å². The van der Waals surface area contributed by atoms with Gasteiger partial charge in [-0.1, -0.05) is 42.0 Å². The van der Waals surface area contributed by atoms with Gasteiger partial charge in [-0.3, -0.25) is 9.59 Å². The number of anilines is 1. The molecule has 166 valence electrons. The molecule has 3 aromatic carbocycles. The number of carbonyl (C=O) groups excluding carboxylic acids is 2. The largest absolute Gasteiger partial charge is 0.416 e. The SMILES string of the molecule is Cc1ccc(C(=O)N(CCCNC(=O)c2cccc(C(F)(F)F)c2)c2ccccc2)cc1. The number of carbonyl (C=O) groups is 2. The molecule has 3 rings (SSSR count). The second kappa shape index (κ2) is 10.1. The third kappa shape index (κ3) is 5.97. The van der Waals surface area contributed by atoms with Gasteiger partial charge < -0.3 is 10.2 Å². The van der Waals surface area contributed by atoms with E-state index in [0.29, 0.717) is 18.5 Å². The van der Waals surface area contributed by atoms with E-state index in [1.165, 1.54) is 12.1 Å². The Balaban J connectivity index is 1.64. The van der Waals surface area contributed by atoms with Crippen LogP contribution >= 0.6 is 0 Å². The first kappa shape index (κ1) is 23.1. The van der Waals surface area contributed by atoms with E-state index in [9.17, 15) is 22.8 Å². The molecule has 4 nitrogen and oxygen atoms in total. The van der Waals surface area contributed by atoms with Gasteiger partial charge in [0.05, 0.1) is 5.56 Å². The summed E-state index contributed by atoms with van der Waals surface area (Å²) < 4.78 is 38.6. The van der Waals surface area contributed by atoms with Gasteiger partial charge in [0.2, 0.25) is 0 Å². The number of hydrogen-bond acceptors (Lipinski definition) is 2. The van der Waals surface area contributed by atoms with Gasteiger partial charge in [0.1, 0.15) is 0 Å². The van der Waals surface area contributed by atoms with Crippen LogP contribution in [0, 0.1) is 6.92 Å². The van der Waals surface area contributed by atoms with Gasteiger partial charge >= 0.3 is 6.18 Å². The maximum atomic E-state index is 13.1. The van der Waals surface area contributed by atoms with Crippen LogP contribution in [0.25, 0.3) is 0 Å². The molecule has 0 radical (unpaired) electrons. The summed E-state index contributed by atoms with van der Waals surface area (Å²) in [4.78, 5) is 27.0. The van der Waals surface area contributed by atoms with Gasteiger partial charge in [0.25, 0.3) is 11.8 Å². The van der Waals surface area contributed by atoms with Crippen molar-refractivity contribution in [3.8, 4) is 0 Å². The minimum Gasteiger partial charge on any atom is -0.352 e. The van der Waals surface area contributed by atoms with Gasteiger partial charge in [0.15, 0.2) is 0 Å². The summed E-state index contributed by atoms with van der Waals surface area (Å²) in [5, 5.41) is 2.63. The highest BCUT2D eigenvalue weighted by atomic mass is 19.4. The summed E-state index contributed by atoms with van der Waals surface area (Å²) in [5.41, 5.74) is 1.39. The molecule has 32 heavy (non-hydrogen) atoms. The first-order valence-corrected chi connectivity index (χ1v) is 10.1. The molecule has 0 unspecified atom stereocenters. The molecule has 3 aromatic rings. The lowest BCUT2D eigenvalue weighted by atomic mass is 10.1. The topological polar surface area (TPSA) is 49.4 Å². The molecular weight excluding hydrogens is 417 g/mol. The monoisotopic (exact) mass is 440 g/mol. The molecule has 0 aromatic heterocycles. The van der Waals surface area contributed by atoms with Gasteiger partial charge in [-0.15, -0.1) is 0 Å². The number of hydrogen-bond donors (Lipinski definition) is 1. The van der Waals surface area contributed by atoms with Crippen LogP contribution < -0.4 is 10.2 Å². The van der Waals surface area contributed by atoms with Crippen LogP contribution in [-0.4, -0.2) is 24.9 Å². The van der Waals surface area contributed by atoms with Crippen molar-refractivity contribution < 1.29 is 22.8 Å². The fraction of sp³-hybridized carbons (Fsp3) is 0.200. The number of para-hydroxylation sites is 1. The summed E-state index contributed by atoms with van der Waals surface area (Å²) in [6.07, 6.45) is -4.08.